The van der Waals surface area contributed by atoms with E-state index in [1.54, 1.807) is 0 Å². The molecule has 0 aliphatic heterocycles. The van der Waals surface area contributed by atoms with Gasteiger partial charge in [0.15, 0.2) is 0 Å². The molecule has 124 valence electrons. The Morgan fingerprint density at radius 3 is 1.65 bits per heavy atom. The molecule has 0 fully saturated rings. The number of ether oxygens (including phenoxy) is 3. The summed E-state index contributed by atoms with van der Waals surface area (Å²) in [6.45, 7) is 0.126. The SMILES string of the molecule is O=C(OCCOCCOC(=O)c1n[nH]c(=S)o1)c1n[nH]c(=S)o1. The Morgan fingerprint density at radius 1 is 0.870 bits per heavy atom. The van der Waals surface area contributed by atoms with Gasteiger partial charge in [-0.15, -0.1) is 10.2 Å². The van der Waals surface area contributed by atoms with Crippen LogP contribution in [0.3, 0.4) is 0 Å². The van der Waals surface area contributed by atoms with E-state index in [-0.39, 0.29) is 47.9 Å². The number of hydrogen-bond donors (Lipinski definition) is 2. The van der Waals surface area contributed by atoms with Gasteiger partial charge in [0.1, 0.15) is 13.2 Å². The van der Waals surface area contributed by atoms with Gasteiger partial charge in [0.2, 0.25) is 0 Å². The molecule has 11 nitrogen and oxygen atoms in total. The molecule has 2 rings (SSSR count). The Kier molecular flexibility index (Phi) is 6.13. The average Bonchev–Trinajstić information content (AvgIpc) is 3.14. The zero-order valence-corrected chi connectivity index (χ0v) is 13.0. The fourth-order valence-electron chi connectivity index (χ4n) is 1.25. The highest BCUT2D eigenvalue weighted by atomic mass is 32.1. The minimum atomic E-state index is -0.771. The predicted octanol–water partition coefficient (Wildman–Crippen LogP) is 0.808. The molecule has 0 aromatic carbocycles. The normalized spacial score (nSPS) is 10.4. The van der Waals surface area contributed by atoms with E-state index in [9.17, 15) is 9.59 Å². The van der Waals surface area contributed by atoms with Crippen LogP contribution >= 0.6 is 24.4 Å². The number of hydrogen-bond acceptors (Lipinski definition) is 11. The van der Waals surface area contributed by atoms with Crippen molar-refractivity contribution in [3.8, 4) is 0 Å². The highest BCUT2D eigenvalue weighted by Gasteiger charge is 2.14. The van der Waals surface area contributed by atoms with Crippen molar-refractivity contribution in [2.75, 3.05) is 26.4 Å². The second-order valence-electron chi connectivity index (χ2n) is 3.72. The van der Waals surface area contributed by atoms with Crippen LogP contribution in [0.2, 0.25) is 0 Å². The van der Waals surface area contributed by atoms with E-state index in [0.717, 1.165) is 0 Å². The molecule has 0 unspecified atom stereocenters. The third-order valence-corrected chi connectivity index (χ3v) is 2.50. The van der Waals surface area contributed by atoms with Crippen LogP contribution in [0.5, 0.6) is 0 Å². The number of rotatable bonds is 8. The average molecular weight is 362 g/mol. The first-order chi connectivity index (χ1) is 11.1. The minimum Gasteiger partial charge on any atom is -0.456 e. The van der Waals surface area contributed by atoms with Gasteiger partial charge in [0.05, 0.1) is 13.2 Å². The molecule has 2 aromatic rings. The van der Waals surface area contributed by atoms with Gasteiger partial charge in [-0.3, -0.25) is 0 Å². The molecular formula is C10H10N4O7S2. The van der Waals surface area contributed by atoms with Crippen LogP contribution in [0.25, 0.3) is 0 Å². The molecule has 2 heterocycles. The van der Waals surface area contributed by atoms with Crippen molar-refractivity contribution in [3.63, 3.8) is 0 Å². The summed E-state index contributed by atoms with van der Waals surface area (Å²) in [4.78, 5) is 22.7. The molecular weight excluding hydrogens is 352 g/mol. The fourth-order valence-corrected chi connectivity index (χ4v) is 1.50. The van der Waals surface area contributed by atoms with E-state index < -0.39 is 11.9 Å². The number of aromatic nitrogens is 4. The summed E-state index contributed by atoms with van der Waals surface area (Å²) < 4.78 is 24.2. The predicted molar refractivity (Wildman–Crippen MR) is 74.8 cm³/mol. The molecule has 13 heteroatoms. The van der Waals surface area contributed by atoms with Gasteiger partial charge in [-0.05, 0) is 24.4 Å². The molecule has 0 amide bonds. The van der Waals surface area contributed by atoms with Crippen molar-refractivity contribution in [1.29, 1.82) is 0 Å². The lowest BCUT2D eigenvalue weighted by molar-refractivity contribution is 0.0116. The number of H-pyrrole nitrogens is 2. The van der Waals surface area contributed by atoms with E-state index in [1.165, 1.54) is 0 Å². The third-order valence-electron chi connectivity index (χ3n) is 2.15. The number of nitrogens with zero attached hydrogens (tertiary/aromatic N) is 2. The van der Waals surface area contributed by atoms with Crippen LogP contribution in [0.15, 0.2) is 8.83 Å². The lowest BCUT2D eigenvalue weighted by atomic mass is 10.6. The van der Waals surface area contributed by atoms with Gasteiger partial charge in [-0.1, -0.05) is 0 Å². The molecule has 0 saturated carbocycles. The van der Waals surface area contributed by atoms with E-state index in [4.69, 9.17) is 23.0 Å². The number of nitrogens with one attached hydrogen (secondary N) is 2. The molecule has 0 spiro atoms. The van der Waals surface area contributed by atoms with Crippen LogP contribution < -0.4 is 0 Å². The molecule has 23 heavy (non-hydrogen) atoms. The van der Waals surface area contributed by atoms with Crippen LogP contribution in [0.4, 0.5) is 0 Å². The number of carbonyl (C=O) groups is 2. The number of carbonyl (C=O) groups excluding carboxylic acids is 2. The lowest BCUT2D eigenvalue weighted by Gasteiger charge is -2.04. The highest BCUT2D eigenvalue weighted by Crippen LogP contribution is 1.98. The van der Waals surface area contributed by atoms with Crippen molar-refractivity contribution in [2.45, 2.75) is 0 Å². The van der Waals surface area contributed by atoms with E-state index in [2.05, 4.69) is 44.8 Å². The van der Waals surface area contributed by atoms with Gasteiger partial charge in [-0.25, -0.2) is 19.8 Å². The monoisotopic (exact) mass is 362 g/mol. The van der Waals surface area contributed by atoms with Crippen LogP contribution in [0, 0.1) is 9.67 Å². The maximum Gasteiger partial charge on any atom is 0.396 e. The first-order valence-corrected chi connectivity index (χ1v) is 6.91. The second-order valence-corrected chi connectivity index (χ2v) is 4.46. The molecule has 0 atom stereocenters. The van der Waals surface area contributed by atoms with Crippen molar-refractivity contribution in [3.05, 3.63) is 21.5 Å². The Labute approximate surface area is 137 Å². The first kappa shape index (κ1) is 17.0. The number of aromatic amines is 2. The zero-order valence-electron chi connectivity index (χ0n) is 11.4. The van der Waals surface area contributed by atoms with Crippen molar-refractivity contribution < 1.29 is 32.6 Å². The van der Waals surface area contributed by atoms with Crippen molar-refractivity contribution in [1.82, 2.24) is 20.4 Å². The molecule has 0 bridgehead atoms. The summed E-state index contributed by atoms with van der Waals surface area (Å²) >= 11 is 9.23. The molecule has 0 radical (unpaired) electrons. The topological polar surface area (TPSA) is 145 Å². The van der Waals surface area contributed by atoms with Crippen molar-refractivity contribution >= 4 is 36.4 Å². The molecule has 0 aliphatic carbocycles. The van der Waals surface area contributed by atoms with E-state index in [0.29, 0.717) is 0 Å². The lowest BCUT2D eigenvalue weighted by Crippen LogP contribution is -2.15. The Balaban J connectivity index is 1.54. The summed E-state index contributed by atoms with van der Waals surface area (Å²) in [5.41, 5.74) is 0. The Morgan fingerprint density at radius 2 is 1.30 bits per heavy atom. The Hall–Kier alpha value is -2.38. The summed E-state index contributed by atoms with van der Waals surface area (Å²) in [7, 11) is 0. The smallest absolute Gasteiger partial charge is 0.396 e. The maximum atomic E-state index is 11.4. The Bertz CT molecular complexity index is 712. The third kappa shape index (κ3) is 5.39. The maximum absolute atomic E-state index is 11.4. The summed E-state index contributed by atoms with van der Waals surface area (Å²) in [6, 6.07) is 0. The van der Waals surface area contributed by atoms with E-state index in [1.807, 2.05) is 0 Å². The molecule has 0 aliphatic rings. The van der Waals surface area contributed by atoms with Gasteiger partial charge in [0.25, 0.3) is 9.67 Å². The quantitative estimate of drug-likeness (QED) is 0.390. The van der Waals surface area contributed by atoms with Gasteiger partial charge in [-0.2, -0.15) is 0 Å². The second kappa shape index (κ2) is 8.30. The van der Waals surface area contributed by atoms with Gasteiger partial charge >= 0.3 is 23.7 Å². The van der Waals surface area contributed by atoms with Gasteiger partial charge in [0, 0.05) is 0 Å². The fraction of sp³-hybridized carbons (Fsp3) is 0.400. The molecule has 2 aromatic heterocycles. The van der Waals surface area contributed by atoms with Gasteiger partial charge < -0.3 is 23.0 Å². The largest absolute Gasteiger partial charge is 0.456 e. The summed E-state index contributed by atoms with van der Waals surface area (Å²) in [6.07, 6.45) is 0. The minimum absolute atomic E-state index is 0.0261. The van der Waals surface area contributed by atoms with Crippen LogP contribution in [-0.4, -0.2) is 58.8 Å². The standard InChI is InChI=1S/C10H10N4O7S2/c15-7(5-11-13-9(22)20-5)18-3-1-17-2-4-19-8(16)6-12-14-10(23)21-6/h1-4H2,(H,13,22)(H,14,23). The number of esters is 2. The molecule has 2 N–H and O–H groups in total. The van der Waals surface area contributed by atoms with E-state index >= 15 is 0 Å². The summed E-state index contributed by atoms with van der Waals surface area (Å²) in [5, 5.41) is 11.6. The molecule has 0 saturated heterocycles. The first-order valence-electron chi connectivity index (χ1n) is 6.09. The van der Waals surface area contributed by atoms with Crippen LogP contribution in [-0.2, 0) is 14.2 Å². The zero-order chi connectivity index (χ0) is 16.7. The highest BCUT2D eigenvalue weighted by molar-refractivity contribution is 7.71. The van der Waals surface area contributed by atoms with Crippen molar-refractivity contribution in [2.24, 2.45) is 0 Å². The summed E-state index contributed by atoms with van der Waals surface area (Å²) in [5.74, 6) is -2.08. The van der Waals surface area contributed by atoms with Crippen LogP contribution in [0.1, 0.15) is 21.4 Å².